The monoisotopic (exact) mass is 541 g/mol. The number of tetrazole rings is 1. The SMILES string of the molecule is CC(=O)O[C@@H](C)C(=O)Nc1cccc([C@H]2O[C@@H](CSc3nnnn3C)[C@@H](C)[C@@H](c3ccc(CO)cc3)O2)c1. The van der Waals surface area contributed by atoms with E-state index >= 15 is 0 Å². The number of anilines is 1. The topological polar surface area (TPSA) is 138 Å². The summed E-state index contributed by atoms with van der Waals surface area (Å²) < 4.78 is 19.5. The molecule has 0 saturated carbocycles. The Morgan fingerprint density at radius 2 is 1.95 bits per heavy atom. The molecular weight excluding hydrogens is 510 g/mol. The van der Waals surface area contributed by atoms with Crippen LogP contribution < -0.4 is 5.32 Å². The van der Waals surface area contributed by atoms with Gasteiger partial charge in [-0.05, 0) is 40.6 Å². The fourth-order valence-electron chi connectivity index (χ4n) is 4.12. The van der Waals surface area contributed by atoms with Crippen LogP contribution in [0.15, 0.2) is 53.7 Å². The third kappa shape index (κ3) is 6.76. The lowest BCUT2D eigenvalue weighted by molar-refractivity contribution is -0.268. The largest absolute Gasteiger partial charge is 0.453 e. The lowest BCUT2D eigenvalue weighted by atomic mass is 9.91. The number of hydrogen-bond donors (Lipinski definition) is 2. The van der Waals surface area contributed by atoms with Crippen LogP contribution in [0.25, 0.3) is 0 Å². The summed E-state index contributed by atoms with van der Waals surface area (Å²) in [6.07, 6.45) is -2.13. The molecule has 1 saturated heterocycles. The van der Waals surface area contributed by atoms with Gasteiger partial charge in [0.2, 0.25) is 5.16 Å². The van der Waals surface area contributed by atoms with Crippen LogP contribution in [-0.4, -0.2) is 55.2 Å². The number of esters is 1. The zero-order valence-electron chi connectivity index (χ0n) is 21.6. The molecule has 0 spiro atoms. The molecule has 1 aliphatic rings. The Kier molecular flexibility index (Phi) is 9.10. The Morgan fingerprint density at radius 1 is 1.18 bits per heavy atom. The summed E-state index contributed by atoms with van der Waals surface area (Å²) in [4.78, 5) is 23.7. The van der Waals surface area contributed by atoms with Gasteiger partial charge in [0, 0.05) is 36.9 Å². The average molecular weight is 542 g/mol. The van der Waals surface area contributed by atoms with Crippen molar-refractivity contribution in [2.75, 3.05) is 11.1 Å². The van der Waals surface area contributed by atoms with Gasteiger partial charge in [-0.25, -0.2) is 4.68 Å². The molecule has 2 heterocycles. The first-order valence-electron chi connectivity index (χ1n) is 12.2. The number of benzene rings is 2. The third-order valence-corrected chi connectivity index (χ3v) is 7.32. The molecule has 0 bridgehead atoms. The number of aliphatic hydroxyl groups is 1. The van der Waals surface area contributed by atoms with Crippen LogP contribution in [0.1, 0.15) is 49.9 Å². The molecule has 2 N–H and O–H groups in total. The number of carbonyl (C=O) groups excluding carboxylic acids is 2. The second-order valence-electron chi connectivity index (χ2n) is 9.08. The number of carbonyl (C=O) groups is 2. The molecule has 38 heavy (non-hydrogen) atoms. The maximum atomic E-state index is 12.5. The van der Waals surface area contributed by atoms with Crippen molar-refractivity contribution in [3.05, 3.63) is 65.2 Å². The van der Waals surface area contributed by atoms with Crippen molar-refractivity contribution in [2.45, 2.75) is 57.1 Å². The van der Waals surface area contributed by atoms with Crippen molar-refractivity contribution < 1.29 is 28.9 Å². The number of nitrogens with zero attached hydrogens (tertiary/aromatic N) is 4. The lowest BCUT2D eigenvalue weighted by Crippen LogP contribution is -2.38. The standard InChI is InChI=1S/C26H31N5O6S/c1-15-22(14-38-26-28-29-30-31(26)4)36-25(37-23(15)19-10-8-18(13-32)9-11-19)20-6-5-7-21(12-20)27-24(34)16(2)35-17(3)33/h5-12,15-16,22-23,25,32H,13-14H2,1-4H3,(H,27,34)/t15-,16+,22+,23+,25+/m1/s1. The quantitative estimate of drug-likeness (QED) is 0.307. The van der Waals surface area contributed by atoms with Gasteiger partial charge in [-0.2, -0.15) is 0 Å². The van der Waals surface area contributed by atoms with E-state index in [1.165, 1.54) is 25.6 Å². The fourth-order valence-corrected chi connectivity index (χ4v) is 5.13. The second kappa shape index (κ2) is 12.5. The number of hydrogen-bond acceptors (Lipinski definition) is 10. The van der Waals surface area contributed by atoms with Gasteiger partial charge in [-0.15, -0.1) is 5.10 Å². The van der Waals surface area contributed by atoms with E-state index in [2.05, 4.69) is 27.8 Å². The molecule has 1 fully saturated rings. The van der Waals surface area contributed by atoms with Gasteiger partial charge in [-0.1, -0.05) is 55.1 Å². The summed E-state index contributed by atoms with van der Waals surface area (Å²) in [5.41, 5.74) is 3.04. The normalized spacial score (nSPS) is 22.0. The highest BCUT2D eigenvalue weighted by Gasteiger charge is 2.38. The van der Waals surface area contributed by atoms with Crippen molar-refractivity contribution in [1.29, 1.82) is 0 Å². The van der Waals surface area contributed by atoms with Crippen LogP contribution >= 0.6 is 11.8 Å². The highest BCUT2D eigenvalue weighted by atomic mass is 32.2. The Bertz CT molecular complexity index is 1250. The van der Waals surface area contributed by atoms with Crippen LogP contribution in [0.4, 0.5) is 5.69 Å². The molecule has 1 amide bonds. The Balaban J connectivity index is 1.56. The molecule has 3 aromatic rings. The molecule has 202 valence electrons. The number of aryl methyl sites for hydroxylation is 1. The van der Waals surface area contributed by atoms with E-state index in [4.69, 9.17) is 14.2 Å². The maximum absolute atomic E-state index is 12.5. The zero-order chi connectivity index (χ0) is 27.2. The average Bonchev–Trinajstić information content (AvgIpc) is 3.32. The minimum absolute atomic E-state index is 0.00706. The first-order chi connectivity index (χ1) is 18.2. The summed E-state index contributed by atoms with van der Waals surface area (Å²) in [6, 6.07) is 14.9. The number of amides is 1. The molecule has 2 aromatic carbocycles. The van der Waals surface area contributed by atoms with Gasteiger partial charge in [-0.3, -0.25) is 9.59 Å². The molecule has 0 aliphatic carbocycles. The molecule has 4 rings (SSSR count). The van der Waals surface area contributed by atoms with E-state index in [-0.39, 0.29) is 24.7 Å². The van der Waals surface area contributed by atoms with Gasteiger partial charge in [0.05, 0.1) is 18.8 Å². The van der Waals surface area contributed by atoms with Crippen LogP contribution in [0.3, 0.4) is 0 Å². The van der Waals surface area contributed by atoms with E-state index in [0.717, 1.165) is 16.7 Å². The van der Waals surface area contributed by atoms with E-state index in [0.29, 0.717) is 16.6 Å². The Morgan fingerprint density at radius 3 is 2.61 bits per heavy atom. The van der Waals surface area contributed by atoms with E-state index in [1.54, 1.807) is 29.9 Å². The highest BCUT2D eigenvalue weighted by molar-refractivity contribution is 7.99. The number of ether oxygens (including phenoxy) is 3. The molecule has 1 aromatic heterocycles. The molecular formula is C26H31N5O6S. The Labute approximate surface area is 224 Å². The van der Waals surface area contributed by atoms with Crippen molar-refractivity contribution in [3.8, 4) is 0 Å². The lowest BCUT2D eigenvalue weighted by Gasteiger charge is -2.41. The molecule has 1 aliphatic heterocycles. The molecule has 5 atom stereocenters. The van der Waals surface area contributed by atoms with Crippen molar-refractivity contribution >= 4 is 29.3 Å². The van der Waals surface area contributed by atoms with Crippen molar-refractivity contribution in [2.24, 2.45) is 13.0 Å². The zero-order valence-corrected chi connectivity index (χ0v) is 22.4. The molecule has 12 heteroatoms. The first kappa shape index (κ1) is 27.7. The summed E-state index contributed by atoms with van der Waals surface area (Å²) in [5.74, 6) is -0.382. The summed E-state index contributed by atoms with van der Waals surface area (Å²) in [7, 11) is 1.78. The molecule has 0 radical (unpaired) electrons. The minimum Gasteiger partial charge on any atom is -0.453 e. The van der Waals surface area contributed by atoms with Gasteiger partial charge in [0.1, 0.15) is 0 Å². The molecule has 11 nitrogen and oxygen atoms in total. The highest BCUT2D eigenvalue weighted by Crippen LogP contribution is 2.43. The van der Waals surface area contributed by atoms with Crippen LogP contribution in [-0.2, 0) is 37.5 Å². The third-order valence-electron chi connectivity index (χ3n) is 6.22. The van der Waals surface area contributed by atoms with Crippen LogP contribution in [0.2, 0.25) is 0 Å². The van der Waals surface area contributed by atoms with Crippen molar-refractivity contribution in [1.82, 2.24) is 20.2 Å². The van der Waals surface area contributed by atoms with Crippen molar-refractivity contribution in [3.63, 3.8) is 0 Å². The Hall–Kier alpha value is -3.32. The first-order valence-corrected chi connectivity index (χ1v) is 13.2. The summed E-state index contributed by atoms with van der Waals surface area (Å²) >= 11 is 1.50. The predicted octanol–water partition coefficient (Wildman–Crippen LogP) is 3.18. The van der Waals surface area contributed by atoms with Gasteiger partial charge >= 0.3 is 5.97 Å². The number of rotatable bonds is 9. The smallest absolute Gasteiger partial charge is 0.303 e. The van der Waals surface area contributed by atoms with E-state index in [1.807, 2.05) is 30.3 Å². The van der Waals surface area contributed by atoms with E-state index in [9.17, 15) is 14.7 Å². The summed E-state index contributed by atoms with van der Waals surface area (Å²) in [6.45, 7) is 4.81. The maximum Gasteiger partial charge on any atom is 0.303 e. The second-order valence-corrected chi connectivity index (χ2v) is 10.1. The van der Waals surface area contributed by atoms with E-state index < -0.39 is 24.3 Å². The van der Waals surface area contributed by atoms with Gasteiger partial charge < -0.3 is 24.6 Å². The number of thioether (sulfide) groups is 1. The minimum atomic E-state index is -0.929. The van der Waals surface area contributed by atoms with Crippen LogP contribution in [0.5, 0.6) is 0 Å². The summed E-state index contributed by atoms with van der Waals surface area (Å²) in [5, 5.41) is 24.5. The predicted molar refractivity (Wildman–Crippen MR) is 139 cm³/mol. The molecule has 0 unspecified atom stereocenters. The van der Waals surface area contributed by atoms with Gasteiger partial charge in [0.15, 0.2) is 12.4 Å². The number of nitrogens with one attached hydrogen (secondary N) is 1. The van der Waals surface area contributed by atoms with Crippen LogP contribution in [0, 0.1) is 5.92 Å². The van der Waals surface area contributed by atoms with Gasteiger partial charge in [0.25, 0.3) is 5.91 Å². The number of aromatic nitrogens is 4. The fraction of sp³-hybridized carbons (Fsp3) is 0.423. The number of aliphatic hydroxyl groups excluding tert-OH is 1.